The van der Waals surface area contributed by atoms with Gasteiger partial charge in [0.15, 0.2) is 0 Å². The average Bonchev–Trinajstić information content (AvgIpc) is 2.93. The standard InChI is InChI=1S/C16H23N3O2S/c1-17-8-9-18(2)16(21)12-10-15(20)19(11-12)13-4-6-14(22-3)7-5-13/h4-7,12,17H,8-11H2,1-3H3. The molecule has 1 aromatic carbocycles. The molecule has 1 aromatic rings. The van der Waals surface area contributed by atoms with Crippen molar-refractivity contribution in [3.63, 3.8) is 0 Å². The Morgan fingerprint density at radius 1 is 1.41 bits per heavy atom. The number of rotatable bonds is 6. The average molecular weight is 321 g/mol. The van der Waals surface area contributed by atoms with E-state index in [0.717, 1.165) is 17.1 Å². The number of benzene rings is 1. The van der Waals surface area contributed by atoms with E-state index in [0.29, 0.717) is 19.5 Å². The van der Waals surface area contributed by atoms with Gasteiger partial charge in [0.05, 0.1) is 5.92 Å². The number of nitrogens with zero attached hydrogens (tertiary/aromatic N) is 2. The first kappa shape index (κ1) is 16.8. The molecule has 120 valence electrons. The molecule has 1 N–H and O–H groups in total. The van der Waals surface area contributed by atoms with Gasteiger partial charge in [0.25, 0.3) is 0 Å². The highest BCUT2D eigenvalue weighted by Gasteiger charge is 2.36. The van der Waals surface area contributed by atoms with Crippen molar-refractivity contribution >= 4 is 29.3 Å². The molecule has 1 aliphatic rings. The van der Waals surface area contributed by atoms with Gasteiger partial charge in [-0.15, -0.1) is 11.8 Å². The number of carbonyl (C=O) groups is 2. The maximum absolute atomic E-state index is 12.4. The highest BCUT2D eigenvalue weighted by molar-refractivity contribution is 7.98. The number of hydrogen-bond acceptors (Lipinski definition) is 4. The molecule has 2 rings (SSSR count). The Labute approximate surface area is 136 Å². The zero-order valence-electron chi connectivity index (χ0n) is 13.3. The van der Waals surface area contributed by atoms with E-state index in [1.165, 1.54) is 0 Å². The predicted molar refractivity (Wildman–Crippen MR) is 90.2 cm³/mol. The minimum Gasteiger partial charge on any atom is -0.344 e. The van der Waals surface area contributed by atoms with Gasteiger partial charge >= 0.3 is 0 Å². The fourth-order valence-corrected chi connectivity index (χ4v) is 2.99. The van der Waals surface area contributed by atoms with Crippen LogP contribution in [0.1, 0.15) is 6.42 Å². The van der Waals surface area contributed by atoms with Gasteiger partial charge in [0, 0.05) is 43.7 Å². The Morgan fingerprint density at radius 3 is 2.68 bits per heavy atom. The van der Waals surface area contributed by atoms with Gasteiger partial charge in [-0.2, -0.15) is 0 Å². The van der Waals surface area contributed by atoms with Crippen LogP contribution in [0.15, 0.2) is 29.2 Å². The van der Waals surface area contributed by atoms with Crippen molar-refractivity contribution in [3.8, 4) is 0 Å². The Kier molecular flexibility index (Phi) is 5.85. The maximum Gasteiger partial charge on any atom is 0.227 e. The molecule has 1 atom stereocenters. The second kappa shape index (κ2) is 7.65. The first-order valence-electron chi connectivity index (χ1n) is 7.40. The first-order chi connectivity index (χ1) is 10.6. The molecular weight excluding hydrogens is 298 g/mol. The van der Waals surface area contributed by atoms with E-state index in [4.69, 9.17) is 0 Å². The van der Waals surface area contributed by atoms with Gasteiger partial charge in [-0.05, 0) is 37.6 Å². The summed E-state index contributed by atoms with van der Waals surface area (Å²) in [6.45, 7) is 1.88. The molecule has 1 aliphatic heterocycles. The van der Waals surface area contributed by atoms with E-state index < -0.39 is 0 Å². The van der Waals surface area contributed by atoms with Gasteiger partial charge in [0.1, 0.15) is 0 Å². The minimum absolute atomic E-state index is 0.0252. The van der Waals surface area contributed by atoms with Crippen LogP contribution in [0.25, 0.3) is 0 Å². The number of hydrogen-bond donors (Lipinski definition) is 1. The summed E-state index contributed by atoms with van der Waals surface area (Å²) in [5.41, 5.74) is 0.871. The lowest BCUT2D eigenvalue weighted by molar-refractivity contribution is -0.134. The summed E-state index contributed by atoms with van der Waals surface area (Å²) in [5, 5.41) is 3.03. The van der Waals surface area contributed by atoms with E-state index in [2.05, 4.69) is 5.32 Å². The minimum atomic E-state index is -0.241. The van der Waals surface area contributed by atoms with Crippen LogP contribution < -0.4 is 10.2 Å². The fraction of sp³-hybridized carbons (Fsp3) is 0.500. The molecular formula is C16H23N3O2S. The van der Waals surface area contributed by atoms with E-state index >= 15 is 0 Å². The zero-order chi connectivity index (χ0) is 16.1. The maximum atomic E-state index is 12.4. The molecule has 0 aliphatic carbocycles. The highest BCUT2D eigenvalue weighted by atomic mass is 32.2. The second-order valence-corrected chi connectivity index (χ2v) is 6.35. The molecule has 1 fully saturated rings. The number of thioether (sulfide) groups is 1. The summed E-state index contributed by atoms with van der Waals surface area (Å²) in [5.74, 6) is -0.168. The van der Waals surface area contributed by atoms with Gasteiger partial charge in [-0.25, -0.2) is 0 Å². The van der Waals surface area contributed by atoms with E-state index in [1.54, 1.807) is 28.6 Å². The predicted octanol–water partition coefficient (Wildman–Crippen LogP) is 1.44. The van der Waals surface area contributed by atoms with Crippen molar-refractivity contribution < 1.29 is 9.59 Å². The third-order valence-corrected chi connectivity index (χ3v) is 4.68. The summed E-state index contributed by atoms with van der Waals surface area (Å²) >= 11 is 1.67. The number of amides is 2. The third kappa shape index (κ3) is 3.81. The Hall–Kier alpha value is -1.53. The van der Waals surface area contributed by atoms with Crippen LogP contribution in [0, 0.1) is 5.92 Å². The molecule has 1 saturated heterocycles. The summed E-state index contributed by atoms with van der Waals surface area (Å²) in [4.78, 5) is 29.2. The van der Waals surface area contributed by atoms with E-state index in [1.807, 2.05) is 37.6 Å². The van der Waals surface area contributed by atoms with E-state index in [-0.39, 0.29) is 17.7 Å². The number of likely N-dealkylation sites (N-methyl/N-ethyl adjacent to an activating group) is 2. The van der Waals surface area contributed by atoms with Crippen molar-refractivity contribution in [2.45, 2.75) is 11.3 Å². The topological polar surface area (TPSA) is 52.7 Å². The number of carbonyl (C=O) groups excluding carboxylic acids is 2. The lowest BCUT2D eigenvalue weighted by atomic mass is 10.1. The lowest BCUT2D eigenvalue weighted by Crippen LogP contribution is -2.38. The van der Waals surface area contributed by atoms with Crippen LogP contribution in [-0.2, 0) is 9.59 Å². The van der Waals surface area contributed by atoms with Crippen LogP contribution in [0.5, 0.6) is 0 Å². The van der Waals surface area contributed by atoms with Crippen LogP contribution in [0.4, 0.5) is 5.69 Å². The van der Waals surface area contributed by atoms with E-state index in [9.17, 15) is 9.59 Å². The molecule has 6 heteroatoms. The van der Waals surface area contributed by atoms with Gasteiger partial charge in [0.2, 0.25) is 11.8 Å². The van der Waals surface area contributed by atoms with Crippen LogP contribution in [0.2, 0.25) is 0 Å². The molecule has 0 spiro atoms. The lowest BCUT2D eigenvalue weighted by Gasteiger charge is -2.21. The SMILES string of the molecule is CNCCN(C)C(=O)C1CC(=O)N(c2ccc(SC)cc2)C1. The molecule has 0 bridgehead atoms. The van der Waals surface area contributed by atoms with Gasteiger partial charge in [-0.1, -0.05) is 0 Å². The van der Waals surface area contributed by atoms with Crippen molar-refractivity contribution in [1.82, 2.24) is 10.2 Å². The third-order valence-electron chi connectivity index (χ3n) is 3.93. The first-order valence-corrected chi connectivity index (χ1v) is 8.63. The van der Waals surface area contributed by atoms with Gasteiger partial charge < -0.3 is 15.1 Å². The summed E-state index contributed by atoms with van der Waals surface area (Å²) < 4.78 is 0. The highest BCUT2D eigenvalue weighted by Crippen LogP contribution is 2.27. The van der Waals surface area contributed by atoms with Crippen molar-refractivity contribution in [2.24, 2.45) is 5.92 Å². The molecule has 0 aromatic heterocycles. The molecule has 0 saturated carbocycles. The largest absolute Gasteiger partial charge is 0.344 e. The van der Waals surface area contributed by atoms with Crippen LogP contribution >= 0.6 is 11.8 Å². The Morgan fingerprint density at radius 2 is 2.09 bits per heavy atom. The van der Waals surface area contributed by atoms with Gasteiger partial charge in [-0.3, -0.25) is 9.59 Å². The smallest absolute Gasteiger partial charge is 0.227 e. The summed E-state index contributed by atoms with van der Waals surface area (Å²) in [7, 11) is 3.65. The molecule has 1 unspecified atom stereocenters. The quantitative estimate of drug-likeness (QED) is 0.806. The Balaban J connectivity index is 2.02. The molecule has 2 amide bonds. The fourth-order valence-electron chi connectivity index (χ4n) is 2.59. The molecule has 5 nitrogen and oxygen atoms in total. The van der Waals surface area contributed by atoms with Crippen LogP contribution in [0.3, 0.4) is 0 Å². The summed E-state index contributed by atoms with van der Waals surface area (Å²) in [6, 6.07) is 7.89. The monoisotopic (exact) mass is 321 g/mol. The zero-order valence-corrected chi connectivity index (χ0v) is 14.2. The van der Waals surface area contributed by atoms with Crippen molar-refractivity contribution in [3.05, 3.63) is 24.3 Å². The van der Waals surface area contributed by atoms with Crippen molar-refractivity contribution in [1.29, 1.82) is 0 Å². The molecule has 0 radical (unpaired) electrons. The Bertz CT molecular complexity index is 533. The number of anilines is 1. The normalized spacial score (nSPS) is 17.9. The summed E-state index contributed by atoms with van der Waals surface area (Å²) in [6.07, 6.45) is 2.32. The van der Waals surface area contributed by atoms with Crippen LogP contribution in [-0.4, -0.2) is 56.7 Å². The second-order valence-electron chi connectivity index (χ2n) is 5.47. The molecule has 22 heavy (non-hydrogen) atoms. The number of nitrogens with one attached hydrogen (secondary N) is 1. The van der Waals surface area contributed by atoms with Crippen molar-refractivity contribution in [2.75, 3.05) is 44.9 Å². The molecule has 1 heterocycles.